The predicted octanol–water partition coefficient (Wildman–Crippen LogP) is 3.42. The quantitative estimate of drug-likeness (QED) is 0.900. The van der Waals surface area contributed by atoms with Crippen molar-refractivity contribution in [3.8, 4) is 5.75 Å². The zero-order valence-electron chi connectivity index (χ0n) is 13.9. The first-order chi connectivity index (χ1) is 11.3. The topological polar surface area (TPSA) is 55.4 Å². The highest BCUT2D eigenvalue weighted by atomic mass is 32.2. The molecular weight excluding hydrogens is 329 g/mol. The lowest BCUT2D eigenvalue weighted by atomic mass is 10.1. The number of aryl methyl sites for hydroxylation is 2. The van der Waals surface area contributed by atoms with Crippen LogP contribution in [-0.4, -0.2) is 15.5 Å². The molecule has 0 bridgehead atoms. The first-order valence-corrected chi connectivity index (χ1v) is 9.21. The van der Waals surface area contributed by atoms with Gasteiger partial charge in [0.05, 0.1) is 17.5 Å². The van der Waals surface area contributed by atoms with E-state index < -0.39 is 15.6 Å². The Morgan fingerprint density at radius 2 is 1.71 bits per heavy atom. The van der Waals surface area contributed by atoms with Crippen molar-refractivity contribution in [2.45, 2.75) is 37.1 Å². The molecule has 0 atom stereocenters. The van der Waals surface area contributed by atoms with Gasteiger partial charge in [-0.2, -0.15) is 0 Å². The lowest BCUT2D eigenvalue weighted by Gasteiger charge is -2.20. The smallest absolute Gasteiger partial charge is 0.241 e. The number of benzene rings is 2. The molecule has 1 N–H and O–H groups in total. The number of sulfonamides is 1. The maximum atomic E-state index is 13.1. The summed E-state index contributed by atoms with van der Waals surface area (Å²) in [6.45, 7) is 3.55. The van der Waals surface area contributed by atoms with E-state index >= 15 is 0 Å². The van der Waals surface area contributed by atoms with Gasteiger partial charge in [0.2, 0.25) is 10.0 Å². The van der Waals surface area contributed by atoms with Crippen molar-refractivity contribution in [3.63, 3.8) is 0 Å². The van der Waals surface area contributed by atoms with Gasteiger partial charge in [0.1, 0.15) is 11.6 Å². The van der Waals surface area contributed by atoms with Crippen LogP contribution in [0.5, 0.6) is 5.75 Å². The molecule has 24 heavy (non-hydrogen) atoms. The summed E-state index contributed by atoms with van der Waals surface area (Å²) in [5.41, 5.74) is 1.54. The second-order valence-electron chi connectivity index (χ2n) is 6.28. The Labute approximate surface area is 141 Å². The van der Waals surface area contributed by atoms with E-state index in [-0.39, 0.29) is 10.7 Å². The van der Waals surface area contributed by atoms with Gasteiger partial charge in [-0.1, -0.05) is 12.1 Å². The fourth-order valence-corrected chi connectivity index (χ4v) is 4.69. The van der Waals surface area contributed by atoms with Gasteiger partial charge < -0.3 is 4.74 Å². The van der Waals surface area contributed by atoms with E-state index in [1.807, 2.05) is 6.92 Å². The van der Waals surface area contributed by atoms with Gasteiger partial charge in [-0.05, 0) is 67.6 Å². The summed E-state index contributed by atoms with van der Waals surface area (Å²) in [7, 11) is -2.13. The fraction of sp³-hybridized carbons (Fsp3) is 0.333. The normalized spacial score (nSPS) is 16.0. The van der Waals surface area contributed by atoms with Crippen LogP contribution in [0.4, 0.5) is 4.39 Å². The molecule has 1 aliphatic rings. The van der Waals surface area contributed by atoms with Crippen LogP contribution in [0.1, 0.15) is 29.5 Å². The minimum atomic E-state index is -3.69. The molecule has 0 saturated heterocycles. The Bertz CT molecular complexity index is 872. The van der Waals surface area contributed by atoms with Gasteiger partial charge >= 0.3 is 0 Å². The lowest BCUT2D eigenvalue weighted by molar-refractivity contribution is 0.411. The van der Waals surface area contributed by atoms with Gasteiger partial charge in [-0.3, -0.25) is 0 Å². The fourth-order valence-electron chi connectivity index (χ4n) is 2.93. The van der Waals surface area contributed by atoms with Crippen molar-refractivity contribution >= 4 is 10.0 Å². The number of hydrogen-bond donors (Lipinski definition) is 1. The molecule has 0 unspecified atom stereocenters. The van der Waals surface area contributed by atoms with Crippen LogP contribution in [0.25, 0.3) is 0 Å². The Morgan fingerprint density at radius 3 is 2.25 bits per heavy atom. The molecule has 0 aliphatic heterocycles. The van der Waals surface area contributed by atoms with Crippen LogP contribution in [0.15, 0.2) is 41.3 Å². The highest BCUT2D eigenvalue weighted by Gasteiger charge is 2.47. The van der Waals surface area contributed by atoms with Gasteiger partial charge in [-0.25, -0.2) is 17.5 Å². The minimum absolute atomic E-state index is 0.245. The lowest BCUT2D eigenvalue weighted by Crippen LogP contribution is -2.35. The molecule has 2 aromatic rings. The van der Waals surface area contributed by atoms with E-state index in [1.165, 1.54) is 12.1 Å². The minimum Gasteiger partial charge on any atom is -0.496 e. The van der Waals surface area contributed by atoms with Gasteiger partial charge in [0.25, 0.3) is 0 Å². The molecule has 0 aromatic heterocycles. The molecule has 0 amide bonds. The molecule has 6 heteroatoms. The summed E-state index contributed by atoms with van der Waals surface area (Å²) in [4.78, 5) is 0.245. The van der Waals surface area contributed by atoms with Crippen molar-refractivity contribution in [1.29, 1.82) is 0 Å². The molecule has 3 rings (SSSR count). The van der Waals surface area contributed by atoms with E-state index in [1.54, 1.807) is 38.3 Å². The Balaban J connectivity index is 1.95. The van der Waals surface area contributed by atoms with Crippen LogP contribution in [0, 0.1) is 19.7 Å². The molecular formula is C18H20FNO3S. The third-order valence-electron chi connectivity index (χ3n) is 4.46. The Kier molecular flexibility index (Phi) is 4.13. The number of hydrogen-bond acceptors (Lipinski definition) is 3. The third-order valence-corrected chi connectivity index (χ3v) is 6.14. The molecule has 0 radical (unpaired) electrons. The maximum Gasteiger partial charge on any atom is 0.241 e. The first kappa shape index (κ1) is 16.9. The second-order valence-corrected chi connectivity index (χ2v) is 7.93. The van der Waals surface area contributed by atoms with E-state index in [2.05, 4.69) is 4.72 Å². The van der Waals surface area contributed by atoms with Gasteiger partial charge in [0, 0.05) is 0 Å². The van der Waals surface area contributed by atoms with Crippen LogP contribution in [-0.2, 0) is 15.6 Å². The van der Waals surface area contributed by atoms with E-state index in [4.69, 9.17) is 4.74 Å². The maximum absolute atomic E-state index is 13.1. The summed E-state index contributed by atoms with van der Waals surface area (Å²) < 4.78 is 46.9. The summed E-state index contributed by atoms with van der Waals surface area (Å²) in [5.74, 6) is 0.324. The van der Waals surface area contributed by atoms with Crippen LogP contribution in [0.3, 0.4) is 0 Å². The molecule has 1 aliphatic carbocycles. The average molecular weight is 349 g/mol. The zero-order chi connectivity index (χ0) is 17.5. The van der Waals surface area contributed by atoms with E-state index in [0.29, 0.717) is 24.2 Å². The third kappa shape index (κ3) is 3.03. The van der Waals surface area contributed by atoms with Crippen LogP contribution in [0.2, 0.25) is 0 Å². The van der Waals surface area contributed by atoms with Gasteiger partial charge in [-0.15, -0.1) is 0 Å². The van der Waals surface area contributed by atoms with Crippen molar-refractivity contribution in [3.05, 3.63) is 58.9 Å². The van der Waals surface area contributed by atoms with E-state index in [9.17, 15) is 12.8 Å². The van der Waals surface area contributed by atoms with Crippen LogP contribution >= 0.6 is 0 Å². The highest BCUT2D eigenvalue weighted by molar-refractivity contribution is 7.89. The standard InChI is InChI=1S/C18H20FNO3S/c1-12-11-17(13(2)10-16(12)23-3)24(21,22)20-18(8-9-18)14-4-6-15(19)7-5-14/h4-7,10-11,20H,8-9H2,1-3H3. The average Bonchev–Trinajstić information content (AvgIpc) is 3.29. The molecule has 128 valence electrons. The molecule has 1 saturated carbocycles. The van der Waals surface area contributed by atoms with Crippen LogP contribution < -0.4 is 9.46 Å². The zero-order valence-corrected chi connectivity index (χ0v) is 14.7. The Hall–Kier alpha value is -1.92. The van der Waals surface area contributed by atoms with Crippen molar-refractivity contribution in [1.82, 2.24) is 4.72 Å². The number of methoxy groups -OCH3 is 1. The van der Waals surface area contributed by atoms with Crippen molar-refractivity contribution in [2.75, 3.05) is 7.11 Å². The molecule has 1 fully saturated rings. The number of halogens is 1. The predicted molar refractivity (Wildman–Crippen MR) is 90.1 cm³/mol. The summed E-state index contributed by atoms with van der Waals surface area (Å²) in [6, 6.07) is 9.32. The Morgan fingerprint density at radius 1 is 1.08 bits per heavy atom. The SMILES string of the molecule is COc1cc(C)c(S(=O)(=O)NC2(c3ccc(F)cc3)CC2)cc1C. The highest BCUT2D eigenvalue weighted by Crippen LogP contribution is 2.46. The second kappa shape index (κ2) is 5.86. The largest absolute Gasteiger partial charge is 0.496 e. The van der Waals surface area contributed by atoms with Gasteiger partial charge in [0.15, 0.2) is 0 Å². The summed E-state index contributed by atoms with van der Waals surface area (Å²) in [5, 5.41) is 0. The molecule has 0 spiro atoms. The van der Waals surface area contributed by atoms with E-state index in [0.717, 1.165) is 11.1 Å². The molecule has 2 aromatic carbocycles. The monoisotopic (exact) mass is 349 g/mol. The number of ether oxygens (including phenoxy) is 1. The molecule has 0 heterocycles. The van der Waals surface area contributed by atoms with Crippen molar-refractivity contribution < 1.29 is 17.5 Å². The number of nitrogens with one attached hydrogen (secondary N) is 1. The number of rotatable bonds is 5. The molecule has 4 nitrogen and oxygen atoms in total. The van der Waals surface area contributed by atoms with Crippen molar-refractivity contribution in [2.24, 2.45) is 0 Å². The summed E-state index contributed by atoms with van der Waals surface area (Å²) >= 11 is 0. The first-order valence-electron chi connectivity index (χ1n) is 7.73. The summed E-state index contributed by atoms with van der Waals surface area (Å²) in [6.07, 6.45) is 1.40.